The van der Waals surface area contributed by atoms with Crippen molar-refractivity contribution in [3.05, 3.63) is 58.4 Å². The average molecular weight is 270 g/mol. The van der Waals surface area contributed by atoms with E-state index < -0.39 is 0 Å². The smallest absolute Gasteiger partial charge is 0.0991 e. The first kappa shape index (κ1) is 11.3. The van der Waals surface area contributed by atoms with Crippen LogP contribution in [-0.4, -0.2) is 0 Å². The van der Waals surface area contributed by atoms with E-state index >= 15 is 0 Å². The first-order valence-electron chi connectivity index (χ1n) is 5.45. The van der Waals surface area contributed by atoms with Gasteiger partial charge in [0.15, 0.2) is 0 Å². The summed E-state index contributed by atoms with van der Waals surface area (Å²) in [5.74, 6) is 0. The molecule has 0 aliphatic carbocycles. The van der Waals surface area contributed by atoms with Crippen molar-refractivity contribution in [1.82, 2.24) is 0 Å². The molecule has 0 amide bonds. The van der Waals surface area contributed by atoms with Crippen LogP contribution >= 0.6 is 22.9 Å². The Kier molecular flexibility index (Phi) is 2.79. The van der Waals surface area contributed by atoms with Gasteiger partial charge in [-0.3, -0.25) is 0 Å². The average Bonchev–Trinajstić information content (AvgIpc) is 2.81. The summed E-state index contributed by atoms with van der Waals surface area (Å²) in [6.07, 6.45) is 0. The fourth-order valence-corrected chi connectivity index (χ4v) is 3.15. The summed E-state index contributed by atoms with van der Waals surface area (Å²) in [6, 6.07) is 15.7. The predicted octanol–water partition coefficient (Wildman–Crippen LogP) is 5.09. The molecule has 0 radical (unpaired) electrons. The molecular formula is C15H8ClNS. The second-order valence-corrected chi connectivity index (χ2v) is 5.30. The van der Waals surface area contributed by atoms with Gasteiger partial charge in [0.25, 0.3) is 0 Å². The summed E-state index contributed by atoms with van der Waals surface area (Å²) in [7, 11) is 0. The zero-order valence-corrected chi connectivity index (χ0v) is 10.9. The highest BCUT2D eigenvalue weighted by Gasteiger charge is 2.06. The van der Waals surface area contributed by atoms with Crippen LogP contribution < -0.4 is 0 Å². The molecule has 1 nitrogen and oxygen atoms in total. The van der Waals surface area contributed by atoms with E-state index in [0.29, 0.717) is 5.56 Å². The van der Waals surface area contributed by atoms with Gasteiger partial charge in [0.05, 0.1) is 11.6 Å². The lowest BCUT2D eigenvalue weighted by Gasteiger charge is -2.00. The molecule has 0 saturated heterocycles. The van der Waals surface area contributed by atoms with Gasteiger partial charge < -0.3 is 0 Å². The third kappa shape index (κ3) is 1.88. The zero-order chi connectivity index (χ0) is 12.5. The van der Waals surface area contributed by atoms with Crippen molar-refractivity contribution >= 4 is 33.7 Å². The van der Waals surface area contributed by atoms with E-state index in [1.807, 2.05) is 42.5 Å². The number of rotatable bonds is 1. The highest BCUT2D eigenvalue weighted by atomic mass is 35.5. The summed E-state index contributed by atoms with van der Waals surface area (Å²) in [5.41, 5.74) is 1.82. The lowest BCUT2D eigenvalue weighted by molar-refractivity contribution is 1.49. The third-order valence-corrected chi connectivity index (χ3v) is 4.14. The molecule has 2 aromatic carbocycles. The van der Waals surface area contributed by atoms with Crippen LogP contribution in [-0.2, 0) is 0 Å². The number of hydrogen-bond acceptors (Lipinski definition) is 2. The van der Waals surface area contributed by atoms with Crippen molar-refractivity contribution in [2.45, 2.75) is 0 Å². The number of fused-ring (bicyclic) bond motifs is 1. The molecule has 0 fully saturated rings. The Morgan fingerprint density at radius 3 is 2.56 bits per heavy atom. The minimum atomic E-state index is 0.683. The minimum absolute atomic E-state index is 0.683. The quantitative estimate of drug-likeness (QED) is 0.603. The Hall–Kier alpha value is -1.82. The molecular weight excluding hydrogens is 262 g/mol. The van der Waals surface area contributed by atoms with E-state index in [9.17, 15) is 0 Å². The molecule has 0 N–H and O–H groups in total. The molecule has 3 aromatic rings. The maximum Gasteiger partial charge on any atom is 0.0991 e. The van der Waals surface area contributed by atoms with E-state index in [0.717, 1.165) is 16.0 Å². The normalized spacial score (nSPS) is 10.4. The van der Waals surface area contributed by atoms with Gasteiger partial charge in [-0.05, 0) is 40.6 Å². The van der Waals surface area contributed by atoms with Gasteiger partial charge in [-0.25, -0.2) is 0 Å². The standard InChI is InChI=1S/C15H8ClNS/c16-13-5-6-14-12(7-13)9-18-15(14)11-3-1-10(8-17)2-4-11/h1-7,9H. The molecule has 0 atom stereocenters. The molecule has 3 heteroatoms. The van der Waals surface area contributed by atoms with Crippen molar-refractivity contribution in [3.63, 3.8) is 0 Å². The van der Waals surface area contributed by atoms with Crippen molar-refractivity contribution < 1.29 is 0 Å². The van der Waals surface area contributed by atoms with E-state index in [1.165, 1.54) is 10.3 Å². The van der Waals surface area contributed by atoms with Gasteiger partial charge in [-0.2, -0.15) is 5.26 Å². The summed E-state index contributed by atoms with van der Waals surface area (Å²) < 4.78 is 0. The molecule has 86 valence electrons. The monoisotopic (exact) mass is 269 g/mol. The Labute approximate surface area is 114 Å². The van der Waals surface area contributed by atoms with Crippen LogP contribution in [0.25, 0.3) is 21.2 Å². The van der Waals surface area contributed by atoms with Crippen LogP contribution in [0.5, 0.6) is 0 Å². The van der Waals surface area contributed by atoms with Crippen LogP contribution in [0.3, 0.4) is 0 Å². The molecule has 0 bridgehead atoms. The summed E-state index contributed by atoms with van der Waals surface area (Å²) in [4.78, 5) is 1.21. The van der Waals surface area contributed by atoms with Crippen molar-refractivity contribution in [1.29, 1.82) is 5.26 Å². The molecule has 0 spiro atoms. The lowest BCUT2D eigenvalue weighted by atomic mass is 10.1. The van der Waals surface area contributed by atoms with Gasteiger partial charge in [0, 0.05) is 15.3 Å². The molecule has 18 heavy (non-hydrogen) atoms. The van der Waals surface area contributed by atoms with Gasteiger partial charge in [0.2, 0.25) is 0 Å². The zero-order valence-electron chi connectivity index (χ0n) is 9.35. The third-order valence-electron chi connectivity index (χ3n) is 2.84. The van der Waals surface area contributed by atoms with E-state index in [1.54, 1.807) is 11.3 Å². The largest absolute Gasteiger partial charge is 0.192 e. The van der Waals surface area contributed by atoms with Crippen LogP contribution in [0.15, 0.2) is 47.8 Å². The number of nitrogens with zero attached hydrogens (tertiary/aromatic N) is 1. The minimum Gasteiger partial charge on any atom is -0.192 e. The topological polar surface area (TPSA) is 23.8 Å². The maximum absolute atomic E-state index is 8.80. The van der Waals surface area contributed by atoms with Crippen molar-refractivity contribution in [3.8, 4) is 16.5 Å². The van der Waals surface area contributed by atoms with Gasteiger partial charge >= 0.3 is 0 Å². The summed E-state index contributed by atoms with van der Waals surface area (Å²) >= 11 is 7.68. The second kappa shape index (κ2) is 4.45. The van der Waals surface area contributed by atoms with Gasteiger partial charge in [-0.1, -0.05) is 29.8 Å². The highest BCUT2D eigenvalue weighted by Crippen LogP contribution is 2.36. The molecule has 1 heterocycles. The number of halogens is 1. The number of thiophene rings is 1. The van der Waals surface area contributed by atoms with E-state index in [-0.39, 0.29) is 0 Å². The Bertz CT molecular complexity index is 750. The lowest BCUT2D eigenvalue weighted by Crippen LogP contribution is -1.76. The Morgan fingerprint density at radius 1 is 1.06 bits per heavy atom. The highest BCUT2D eigenvalue weighted by molar-refractivity contribution is 7.15. The maximum atomic E-state index is 8.80. The first-order valence-corrected chi connectivity index (χ1v) is 6.71. The Morgan fingerprint density at radius 2 is 1.83 bits per heavy atom. The molecule has 0 unspecified atom stereocenters. The molecule has 1 aromatic heterocycles. The fraction of sp³-hybridized carbons (Fsp3) is 0. The number of benzene rings is 2. The van der Waals surface area contributed by atoms with Crippen LogP contribution in [0.1, 0.15) is 5.56 Å². The van der Waals surface area contributed by atoms with Gasteiger partial charge in [0.1, 0.15) is 0 Å². The van der Waals surface area contributed by atoms with E-state index in [2.05, 4.69) is 11.4 Å². The fourth-order valence-electron chi connectivity index (χ4n) is 1.94. The van der Waals surface area contributed by atoms with Crippen LogP contribution in [0, 0.1) is 11.3 Å². The van der Waals surface area contributed by atoms with Gasteiger partial charge in [-0.15, -0.1) is 11.3 Å². The van der Waals surface area contributed by atoms with Crippen molar-refractivity contribution in [2.75, 3.05) is 0 Å². The number of nitriles is 1. The van der Waals surface area contributed by atoms with E-state index in [4.69, 9.17) is 16.9 Å². The van der Waals surface area contributed by atoms with Crippen molar-refractivity contribution in [2.24, 2.45) is 0 Å². The predicted molar refractivity (Wildman–Crippen MR) is 77.0 cm³/mol. The van der Waals surface area contributed by atoms with Crippen LogP contribution in [0.2, 0.25) is 5.02 Å². The Balaban J connectivity index is 2.16. The molecule has 3 rings (SSSR count). The first-order chi connectivity index (χ1) is 8.78. The number of hydrogen-bond donors (Lipinski definition) is 0. The van der Waals surface area contributed by atoms with Crippen LogP contribution in [0.4, 0.5) is 0 Å². The molecule has 0 saturated carbocycles. The SMILES string of the molecule is N#Cc1ccc(-c2scc3cc(Cl)ccc23)cc1. The molecule has 0 aliphatic heterocycles. The molecule has 0 aliphatic rings. The summed E-state index contributed by atoms with van der Waals surface area (Å²) in [5, 5.41) is 14.0. The summed E-state index contributed by atoms with van der Waals surface area (Å²) in [6.45, 7) is 0. The second-order valence-electron chi connectivity index (χ2n) is 3.99.